The maximum Gasteiger partial charge on any atom is 0.264 e. The summed E-state index contributed by atoms with van der Waals surface area (Å²) in [6, 6.07) is 8.35. The highest BCUT2D eigenvalue weighted by molar-refractivity contribution is 7.21. The van der Waals surface area contributed by atoms with E-state index >= 15 is 0 Å². The lowest BCUT2D eigenvalue weighted by molar-refractivity contribution is -0.130. The molecule has 6 nitrogen and oxygen atoms in total. The van der Waals surface area contributed by atoms with Gasteiger partial charge in [-0.25, -0.2) is 0 Å². The predicted octanol–water partition coefficient (Wildman–Crippen LogP) is 3.62. The van der Waals surface area contributed by atoms with E-state index in [-0.39, 0.29) is 17.7 Å². The highest BCUT2D eigenvalue weighted by atomic mass is 32.1. The number of rotatable bonds is 4. The van der Waals surface area contributed by atoms with Crippen LogP contribution in [0.1, 0.15) is 60.7 Å². The monoisotopic (exact) mass is 441 g/mol. The highest BCUT2D eigenvalue weighted by Crippen LogP contribution is 2.44. The molecule has 1 N–H and O–H groups in total. The van der Waals surface area contributed by atoms with Crippen molar-refractivity contribution >= 4 is 39.1 Å². The van der Waals surface area contributed by atoms with Crippen LogP contribution >= 0.6 is 11.3 Å². The van der Waals surface area contributed by atoms with Gasteiger partial charge in [0, 0.05) is 51.3 Å². The minimum Gasteiger partial charge on any atom is -0.356 e. The third kappa shape index (κ3) is 4.76. The van der Waals surface area contributed by atoms with Crippen LogP contribution in [-0.2, 0) is 9.59 Å². The first-order valence-electron chi connectivity index (χ1n) is 11.2. The van der Waals surface area contributed by atoms with E-state index in [9.17, 15) is 14.4 Å². The number of hydrogen-bond donors (Lipinski definition) is 1. The zero-order valence-corrected chi connectivity index (χ0v) is 19.2. The number of nitrogens with one attached hydrogen (secondary N) is 1. The Morgan fingerprint density at radius 3 is 2.26 bits per heavy atom. The number of fused-ring (bicyclic) bond motifs is 1. The van der Waals surface area contributed by atoms with Crippen LogP contribution in [0.15, 0.2) is 24.3 Å². The lowest BCUT2D eigenvalue weighted by Crippen LogP contribution is -2.50. The molecule has 1 saturated carbocycles. The zero-order chi connectivity index (χ0) is 22.0. The molecule has 2 aliphatic rings. The molecule has 31 heavy (non-hydrogen) atoms. The summed E-state index contributed by atoms with van der Waals surface area (Å²) < 4.78 is 1.17. The Morgan fingerprint density at radius 2 is 1.61 bits per heavy atom. The molecule has 1 saturated heterocycles. The SMILES string of the molecule is CC(=O)NCC1CCC(c2c(C(=O)N3CCN(C(C)=O)CC3)sc3ccccc23)CC1. The molecule has 166 valence electrons. The summed E-state index contributed by atoms with van der Waals surface area (Å²) in [4.78, 5) is 41.0. The van der Waals surface area contributed by atoms with Gasteiger partial charge < -0.3 is 15.1 Å². The molecule has 0 unspecified atom stereocenters. The summed E-state index contributed by atoms with van der Waals surface area (Å²) in [7, 11) is 0. The van der Waals surface area contributed by atoms with Crippen molar-refractivity contribution in [3.8, 4) is 0 Å². The molecule has 4 rings (SSSR count). The second-order valence-electron chi connectivity index (χ2n) is 8.79. The fraction of sp³-hybridized carbons (Fsp3) is 0.542. The highest BCUT2D eigenvalue weighted by Gasteiger charge is 2.32. The molecule has 0 spiro atoms. The standard InChI is InChI=1S/C24H31N3O3S/c1-16(28)25-15-18-7-9-19(10-8-18)22-20-5-3-4-6-21(20)31-23(22)24(30)27-13-11-26(12-14-27)17(2)29/h3-6,18-19H,7-15H2,1-2H3,(H,25,28). The topological polar surface area (TPSA) is 69.7 Å². The molecule has 1 aliphatic carbocycles. The molecule has 0 atom stereocenters. The van der Waals surface area contributed by atoms with Gasteiger partial charge in [-0.2, -0.15) is 0 Å². The Morgan fingerprint density at radius 1 is 0.968 bits per heavy atom. The number of carbonyl (C=O) groups is 3. The van der Waals surface area contributed by atoms with Crippen molar-refractivity contribution in [3.05, 3.63) is 34.7 Å². The summed E-state index contributed by atoms with van der Waals surface area (Å²) in [6.45, 7) is 6.30. The van der Waals surface area contributed by atoms with E-state index in [1.807, 2.05) is 15.9 Å². The normalized spacial score (nSPS) is 21.9. The smallest absolute Gasteiger partial charge is 0.264 e. The van der Waals surface area contributed by atoms with Crippen LogP contribution in [0.5, 0.6) is 0 Å². The van der Waals surface area contributed by atoms with Gasteiger partial charge in [-0.05, 0) is 54.5 Å². The third-order valence-electron chi connectivity index (χ3n) is 6.74. The second-order valence-corrected chi connectivity index (χ2v) is 9.85. The largest absolute Gasteiger partial charge is 0.356 e. The van der Waals surface area contributed by atoms with Crippen LogP contribution in [-0.4, -0.2) is 60.2 Å². The van der Waals surface area contributed by atoms with Crippen molar-refractivity contribution in [2.75, 3.05) is 32.7 Å². The number of thiophene rings is 1. The maximum atomic E-state index is 13.5. The molecule has 0 bridgehead atoms. The van der Waals surface area contributed by atoms with Gasteiger partial charge >= 0.3 is 0 Å². The molecule has 2 aromatic rings. The van der Waals surface area contributed by atoms with Crippen LogP contribution in [0.25, 0.3) is 10.1 Å². The summed E-state index contributed by atoms with van der Waals surface area (Å²) >= 11 is 1.61. The summed E-state index contributed by atoms with van der Waals surface area (Å²) in [5, 5.41) is 4.16. The quantitative estimate of drug-likeness (QED) is 0.788. The molecule has 2 fully saturated rings. The van der Waals surface area contributed by atoms with Gasteiger partial charge in [-0.3, -0.25) is 14.4 Å². The number of piperazine rings is 1. The average molecular weight is 442 g/mol. The van der Waals surface area contributed by atoms with E-state index in [0.29, 0.717) is 38.0 Å². The minimum atomic E-state index is 0.0312. The Kier molecular flexibility index (Phi) is 6.60. The van der Waals surface area contributed by atoms with Crippen molar-refractivity contribution in [2.24, 2.45) is 5.92 Å². The molecular formula is C24H31N3O3S. The molecule has 2 heterocycles. The zero-order valence-electron chi connectivity index (χ0n) is 18.4. The molecule has 7 heteroatoms. The first-order valence-corrected chi connectivity index (χ1v) is 12.1. The lowest BCUT2D eigenvalue weighted by atomic mass is 9.77. The number of nitrogens with zero attached hydrogens (tertiary/aromatic N) is 2. The van der Waals surface area contributed by atoms with Crippen molar-refractivity contribution in [3.63, 3.8) is 0 Å². The summed E-state index contributed by atoms with van der Waals surface area (Å²) in [5.74, 6) is 1.11. The lowest BCUT2D eigenvalue weighted by Gasteiger charge is -2.34. The van der Waals surface area contributed by atoms with Crippen LogP contribution in [0.4, 0.5) is 0 Å². The van der Waals surface area contributed by atoms with Crippen LogP contribution in [0, 0.1) is 5.92 Å². The van der Waals surface area contributed by atoms with Gasteiger partial charge in [-0.15, -0.1) is 11.3 Å². The van der Waals surface area contributed by atoms with Gasteiger partial charge in [0.25, 0.3) is 5.91 Å². The number of benzene rings is 1. The Hall–Kier alpha value is -2.41. The van der Waals surface area contributed by atoms with Gasteiger partial charge in [0.2, 0.25) is 11.8 Å². The molecule has 1 aromatic carbocycles. The van der Waals surface area contributed by atoms with E-state index in [0.717, 1.165) is 37.1 Å². The van der Waals surface area contributed by atoms with Crippen molar-refractivity contribution in [2.45, 2.75) is 45.4 Å². The van der Waals surface area contributed by atoms with E-state index in [1.165, 1.54) is 15.6 Å². The molecule has 1 aliphatic heterocycles. The van der Waals surface area contributed by atoms with Crippen LogP contribution < -0.4 is 5.32 Å². The van der Waals surface area contributed by atoms with Crippen LogP contribution in [0.2, 0.25) is 0 Å². The predicted molar refractivity (Wildman–Crippen MR) is 123 cm³/mol. The Balaban J connectivity index is 1.54. The Bertz CT molecular complexity index is 970. The van der Waals surface area contributed by atoms with E-state index < -0.39 is 0 Å². The molecule has 3 amide bonds. The van der Waals surface area contributed by atoms with Gasteiger partial charge in [-0.1, -0.05) is 18.2 Å². The number of amides is 3. The fourth-order valence-corrected chi connectivity index (χ4v) is 6.20. The molecule has 0 radical (unpaired) electrons. The van der Waals surface area contributed by atoms with E-state index in [4.69, 9.17) is 0 Å². The number of hydrogen-bond acceptors (Lipinski definition) is 4. The molecule has 1 aromatic heterocycles. The first kappa shape index (κ1) is 21.8. The Labute approximate surface area is 187 Å². The second kappa shape index (κ2) is 9.39. The summed E-state index contributed by atoms with van der Waals surface area (Å²) in [5.41, 5.74) is 1.22. The summed E-state index contributed by atoms with van der Waals surface area (Å²) in [6.07, 6.45) is 4.23. The maximum absolute atomic E-state index is 13.5. The third-order valence-corrected chi connectivity index (χ3v) is 7.91. The van der Waals surface area contributed by atoms with Gasteiger partial charge in [0.15, 0.2) is 0 Å². The first-order chi connectivity index (χ1) is 14.9. The van der Waals surface area contributed by atoms with Gasteiger partial charge in [0.05, 0.1) is 4.88 Å². The average Bonchev–Trinajstić information content (AvgIpc) is 3.17. The molecular weight excluding hydrogens is 410 g/mol. The minimum absolute atomic E-state index is 0.0312. The van der Waals surface area contributed by atoms with Crippen molar-refractivity contribution < 1.29 is 14.4 Å². The van der Waals surface area contributed by atoms with E-state index in [2.05, 4.69) is 23.5 Å². The van der Waals surface area contributed by atoms with Crippen molar-refractivity contribution in [1.82, 2.24) is 15.1 Å². The van der Waals surface area contributed by atoms with E-state index in [1.54, 1.807) is 25.2 Å². The van der Waals surface area contributed by atoms with Crippen LogP contribution in [0.3, 0.4) is 0 Å². The van der Waals surface area contributed by atoms with Crippen molar-refractivity contribution in [1.29, 1.82) is 0 Å². The van der Waals surface area contributed by atoms with Gasteiger partial charge in [0.1, 0.15) is 0 Å². The number of carbonyl (C=O) groups excluding carboxylic acids is 3. The fourth-order valence-electron chi connectivity index (χ4n) is 4.94.